The summed E-state index contributed by atoms with van der Waals surface area (Å²) in [4.78, 5) is 43.0. The van der Waals surface area contributed by atoms with Crippen LogP contribution >= 0.6 is 0 Å². The summed E-state index contributed by atoms with van der Waals surface area (Å²) in [6, 6.07) is 10.7. The van der Waals surface area contributed by atoms with Crippen LogP contribution in [0.5, 0.6) is 0 Å². The minimum Gasteiger partial charge on any atom is -0.341 e. The van der Waals surface area contributed by atoms with Crippen molar-refractivity contribution in [3.63, 3.8) is 0 Å². The normalized spacial score (nSPS) is 17.1. The Morgan fingerprint density at radius 1 is 1.25 bits per heavy atom. The van der Waals surface area contributed by atoms with Gasteiger partial charge < -0.3 is 14.8 Å². The molecule has 0 unspecified atom stereocenters. The van der Waals surface area contributed by atoms with E-state index in [2.05, 4.69) is 41.2 Å². The molecule has 3 rings (SSSR count). The van der Waals surface area contributed by atoms with Crippen LogP contribution in [0.3, 0.4) is 0 Å². The van der Waals surface area contributed by atoms with E-state index >= 15 is 0 Å². The Kier molecular flexibility index (Phi) is 6.46. The van der Waals surface area contributed by atoms with Crippen molar-refractivity contribution >= 4 is 5.91 Å². The average molecular weight is 384 g/mol. The van der Waals surface area contributed by atoms with Gasteiger partial charge in [-0.2, -0.15) is 0 Å². The lowest BCUT2D eigenvalue weighted by atomic mass is 10.0. The molecule has 1 atom stereocenters. The Labute approximate surface area is 164 Å². The minimum atomic E-state index is -0.473. The number of nitrogens with one attached hydrogen (secondary N) is 1. The number of H-pyrrole nitrogens is 1. The first kappa shape index (κ1) is 20.1. The van der Waals surface area contributed by atoms with Crippen LogP contribution in [0, 0.1) is 0 Å². The number of piperidine rings is 1. The van der Waals surface area contributed by atoms with Crippen LogP contribution in [0.25, 0.3) is 0 Å². The molecule has 150 valence electrons. The zero-order valence-corrected chi connectivity index (χ0v) is 16.6. The second-order valence-electron chi connectivity index (χ2n) is 7.51. The van der Waals surface area contributed by atoms with Gasteiger partial charge in [0.15, 0.2) is 0 Å². The van der Waals surface area contributed by atoms with E-state index in [4.69, 9.17) is 0 Å². The summed E-state index contributed by atoms with van der Waals surface area (Å²) in [7, 11) is 3.52. The molecule has 7 heteroatoms. The molecule has 1 aliphatic heterocycles. The van der Waals surface area contributed by atoms with Crippen LogP contribution in [0.4, 0.5) is 0 Å². The molecule has 1 aromatic carbocycles. The first-order valence-corrected chi connectivity index (χ1v) is 9.75. The molecule has 0 aliphatic carbocycles. The maximum absolute atomic E-state index is 12.7. The third kappa shape index (κ3) is 4.78. The van der Waals surface area contributed by atoms with Gasteiger partial charge in [0.2, 0.25) is 5.91 Å². The zero-order valence-electron chi connectivity index (χ0n) is 16.6. The van der Waals surface area contributed by atoms with Crippen molar-refractivity contribution in [2.45, 2.75) is 31.7 Å². The molecule has 1 amide bonds. The standard InChI is InChI=1S/C21H28N4O3/c1-23(12-10-16-7-4-3-5-8-16)18-9-6-11-25(15-18)19(26)13-17-14-22-21(28)24(2)20(17)27/h3-5,7-8,14,18H,6,9-13,15H2,1-2H3,(H,22,28)/t18-/m1/s1. The maximum Gasteiger partial charge on any atom is 0.328 e. The van der Waals surface area contributed by atoms with E-state index in [0.29, 0.717) is 24.7 Å². The summed E-state index contributed by atoms with van der Waals surface area (Å²) < 4.78 is 0.999. The number of hydrogen-bond donors (Lipinski definition) is 1. The van der Waals surface area contributed by atoms with Gasteiger partial charge in [-0.3, -0.25) is 14.2 Å². The fourth-order valence-corrected chi connectivity index (χ4v) is 3.69. The van der Waals surface area contributed by atoms with Gasteiger partial charge in [-0.1, -0.05) is 30.3 Å². The second kappa shape index (κ2) is 9.01. The molecule has 1 N–H and O–H groups in total. The Hall–Kier alpha value is -2.67. The predicted molar refractivity (Wildman–Crippen MR) is 108 cm³/mol. The number of rotatable bonds is 6. The fourth-order valence-electron chi connectivity index (χ4n) is 3.69. The van der Waals surface area contributed by atoms with Crippen molar-refractivity contribution in [3.8, 4) is 0 Å². The van der Waals surface area contributed by atoms with Crippen molar-refractivity contribution in [1.82, 2.24) is 19.4 Å². The maximum atomic E-state index is 12.7. The topological polar surface area (TPSA) is 78.4 Å². The number of benzene rings is 1. The molecule has 2 aromatic rings. The number of carbonyl (C=O) groups excluding carboxylic acids is 1. The molecular formula is C21H28N4O3. The highest BCUT2D eigenvalue weighted by Gasteiger charge is 2.26. The summed E-state index contributed by atoms with van der Waals surface area (Å²) in [5, 5.41) is 0. The van der Waals surface area contributed by atoms with Crippen molar-refractivity contribution in [2.75, 3.05) is 26.7 Å². The van der Waals surface area contributed by atoms with E-state index in [-0.39, 0.29) is 12.3 Å². The highest BCUT2D eigenvalue weighted by molar-refractivity contribution is 5.78. The molecule has 1 aliphatic rings. The largest absolute Gasteiger partial charge is 0.341 e. The van der Waals surface area contributed by atoms with Crippen LogP contribution < -0.4 is 11.2 Å². The van der Waals surface area contributed by atoms with Crippen LogP contribution in [0.2, 0.25) is 0 Å². The number of likely N-dealkylation sites (tertiary alicyclic amines) is 1. The third-order valence-electron chi connectivity index (χ3n) is 5.56. The van der Waals surface area contributed by atoms with Gasteiger partial charge in [-0.05, 0) is 31.9 Å². The number of aromatic amines is 1. The van der Waals surface area contributed by atoms with Crippen molar-refractivity contribution in [1.29, 1.82) is 0 Å². The van der Waals surface area contributed by atoms with Gasteiger partial charge in [-0.15, -0.1) is 0 Å². The SMILES string of the molecule is CN(CCc1ccccc1)[C@@H]1CCCN(C(=O)Cc2c[nH]c(=O)n(C)c2=O)C1. The number of likely N-dealkylation sites (N-methyl/N-ethyl adjacent to an activating group) is 1. The monoisotopic (exact) mass is 384 g/mol. The molecule has 1 saturated heterocycles. The van der Waals surface area contributed by atoms with Gasteiger partial charge >= 0.3 is 5.69 Å². The van der Waals surface area contributed by atoms with Gasteiger partial charge in [0.05, 0.1) is 6.42 Å². The summed E-state index contributed by atoms with van der Waals surface area (Å²) >= 11 is 0. The van der Waals surface area contributed by atoms with E-state index < -0.39 is 11.2 Å². The van der Waals surface area contributed by atoms with E-state index in [0.717, 1.165) is 30.4 Å². The molecule has 0 bridgehead atoms. The Bertz CT molecular complexity index is 919. The molecule has 0 spiro atoms. The number of carbonyl (C=O) groups is 1. The molecule has 0 radical (unpaired) electrons. The lowest BCUT2D eigenvalue weighted by molar-refractivity contribution is -0.132. The molecule has 0 saturated carbocycles. The van der Waals surface area contributed by atoms with Gasteiger partial charge in [0.1, 0.15) is 0 Å². The van der Waals surface area contributed by atoms with Crippen molar-refractivity contribution in [2.24, 2.45) is 7.05 Å². The second-order valence-corrected chi connectivity index (χ2v) is 7.51. The number of aromatic nitrogens is 2. The number of hydrogen-bond acceptors (Lipinski definition) is 4. The Balaban J connectivity index is 1.58. The summed E-state index contributed by atoms with van der Waals surface area (Å²) in [6.45, 7) is 2.33. The smallest absolute Gasteiger partial charge is 0.328 e. The van der Waals surface area contributed by atoms with Crippen LogP contribution in [-0.4, -0.2) is 58.0 Å². The lowest BCUT2D eigenvalue weighted by Gasteiger charge is -2.37. The van der Waals surface area contributed by atoms with E-state index in [1.165, 1.54) is 18.8 Å². The summed E-state index contributed by atoms with van der Waals surface area (Å²) in [5.74, 6) is -0.0645. The van der Waals surface area contributed by atoms with Crippen molar-refractivity contribution < 1.29 is 4.79 Å². The Morgan fingerprint density at radius 3 is 2.75 bits per heavy atom. The third-order valence-corrected chi connectivity index (χ3v) is 5.56. The molecular weight excluding hydrogens is 356 g/mol. The van der Waals surface area contributed by atoms with Gasteiger partial charge in [0, 0.05) is 44.5 Å². The van der Waals surface area contributed by atoms with Crippen LogP contribution in [0.15, 0.2) is 46.1 Å². The van der Waals surface area contributed by atoms with Crippen molar-refractivity contribution in [3.05, 3.63) is 68.5 Å². The predicted octanol–water partition coefficient (Wildman–Crippen LogP) is 0.782. The minimum absolute atomic E-state index is 0.0178. The fraction of sp³-hybridized carbons (Fsp3) is 0.476. The zero-order chi connectivity index (χ0) is 20.1. The first-order valence-electron chi connectivity index (χ1n) is 9.75. The highest BCUT2D eigenvalue weighted by Crippen LogP contribution is 2.16. The molecule has 1 fully saturated rings. The number of nitrogens with zero attached hydrogens (tertiary/aromatic N) is 3. The summed E-state index contributed by atoms with van der Waals surface area (Å²) in [5.41, 5.74) is 0.753. The molecule has 1 aromatic heterocycles. The first-order chi connectivity index (χ1) is 13.5. The van der Waals surface area contributed by atoms with Crippen LogP contribution in [-0.2, 0) is 24.7 Å². The number of amides is 1. The van der Waals surface area contributed by atoms with E-state index in [1.807, 2.05) is 11.0 Å². The quantitative estimate of drug-likeness (QED) is 0.798. The van der Waals surface area contributed by atoms with Crippen LogP contribution in [0.1, 0.15) is 24.0 Å². The Morgan fingerprint density at radius 2 is 2.00 bits per heavy atom. The average Bonchev–Trinajstić information content (AvgIpc) is 2.73. The van der Waals surface area contributed by atoms with E-state index in [1.54, 1.807) is 0 Å². The molecule has 7 nitrogen and oxygen atoms in total. The lowest BCUT2D eigenvalue weighted by Crippen LogP contribution is -2.49. The molecule has 2 heterocycles. The van der Waals surface area contributed by atoms with Gasteiger partial charge in [-0.25, -0.2) is 4.79 Å². The molecule has 28 heavy (non-hydrogen) atoms. The highest BCUT2D eigenvalue weighted by atomic mass is 16.2. The van der Waals surface area contributed by atoms with Gasteiger partial charge in [0.25, 0.3) is 5.56 Å². The summed E-state index contributed by atoms with van der Waals surface area (Å²) in [6.07, 6.45) is 4.38. The van der Waals surface area contributed by atoms with E-state index in [9.17, 15) is 14.4 Å².